The lowest BCUT2D eigenvalue weighted by Crippen LogP contribution is -1.85. The number of nitrogens with one attached hydrogen (secondary N) is 1. The molecule has 0 aliphatic carbocycles. The van der Waals surface area contributed by atoms with Gasteiger partial charge in [0.15, 0.2) is 23.1 Å². The number of aromatic amines is 1. The zero-order chi connectivity index (χ0) is 14.3. The number of hydrogen-bond donors (Lipinski definition) is 2. The molecule has 0 bridgehead atoms. The van der Waals surface area contributed by atoms with Crippen molar-refractivity contribution in [2.75, 3.05) is 7.11 Å². The topological polar surface area (TPSA) is 58.1 Å². The molecule has 2 aromatic carbocycles. The highest BCUT2D eigenvalue weighted by atomic mass is 19.2. The lowest BCUT2D eigenvalue weighted by Gasteiger charge is -2.04. The fourth-order valence-corrected chi connectivity index (χ4v) is 1.98. The highest BCUT2D eigenvalue weighted by Crippen LogP contribution is 2.31. The second-order valence-corrected chi connectivity index (χ2v) is 4.26. The summed E-state index contributed by atoms with van der Waals surface area (Å²) in [5.41, 5.74) is 1.28. The van der Waals surface area contributed by atoms with E-state index in [-0.39, 0.29) is 5.75 Å². The molecule has 0 atom stereocenters. The van der Waals surface area contributed by atoms with Gasteiger partial charge in [-0.15, -0.1) is 0 Å². The van der Waals surface area contributed by atoms with Gasteiger partial charge in [-0.3, -0.25) is 0 Å². The molecule has 1 aromatic heterocycles. The summed E-state index contributed by atoms with van der Waals surface area (Å²) in [5, 5.41) is 9.73. The van der Waals surface area contributed by atoms with Crippen LogP contribution in [0.5, 0.6) is 11.5 Å². The molecule has 4 nitrogen and oxygen atoms in total. The van der Waals surface area contributed by atoms with Crippen molar-refractivity contribution in [3.8, 4) is 22.9 Å². The van der Waals surface area contributed by atoms with Crippen molar-refractivity contribution in [3.63, 3.8) is 0 Å². The van der Waals surface area contributed by atoms with Crippen LogP contribution in [0.3, 0.4) is 0 Å². The van der Waals surface area contributed by atoms with Crippen LogP contribution in [0.15, 0.2) is 30.3 Å². The number of phenols is 1. The van der Waals surface area contributed by atoms with E-state index in [1.807, 2.05) is 0 Å². The highest BCUT2D eigenvalue weighted by molar-refractivity contribution is 5.79. The Bertz CT molecular complexity index is 760. The van der Waals surface area contributed by atoms with Crippen molar-refractivity contribution in [2.45, 2.75) is 0 Å². The van der Waals surface area contributed by atoms with Crippen molar-refractivity contribution < 1.29 is 18.6 Å². The van der Waals surface area contributed by atoms with Crippen LogP contribution in [0.4, 0.5) is 8.78 Å². The van der Waals surface area contributed by atoms with Crippen LogP contribution in [-0.2, 0) is 0 Å². The number of ether oxygens (including phenoxy) is 1. The smallest absolute Gasteiger partial charge is 0.161 e. The summed E-state index contributed by atoms with van der Waals surface area (Å²) in [5.74, 6) is -1.19. The van der Waals surface area contributed by atoms with E-state index in [0.717, 1.165) is 12.1 Å². The van der Waals surface area contributed by atoms with Crippen molar-refractivity contribution in [1.29, 1.82) is 0 Å². The second-order valence-electron chi connectivity index (χ2n) is 4.26. The van der Waals surface area contributed by atoms with E-state index < -0.39 is 11.6 Å². The fourth-order valence-electron chi connectivity index (χ4n) is 1.98. The van der Waals surface area contributed by atoms with Gasteiger partial charge in [0.05, 0.1) is 18.1 Å². The van der Waals surface area contributed by atoms with E-state index >= 15 is 0 Å². The van der Waals surface area contributed by atoms with Gasteiger partial charge >= 0.3 is 0 Å². The number of aromatic nitrogens is 2. The molecular weight excluding hydrogens is 266 g/mol. The molecular formula is C14H10F2N2O2. The van der Waals surface area contributed by atoms with Crippen LogP contribution >= 0.6 is 0 Å². The van der Waals surface area contributed by atoms with Gasteiger partial charge in [-0.2, -0.15) is 0 Å². The summed E-state index contributed by atoms with van der Waals surface area (Å²) in [4.78, 5) is 7.04. The molecule has 0 aliphatic rings. The maximum Gasteiger partial charge on any atom is 0.161 e. The minimum atomic E-state index is -0.951. The van der Waals surface area contributed by atoms with Gasteiger partial charge in [0.1, 0.15) is 5.82 Å². The van der Waals surface area contributed by atoms with E-state index in [1.165, 1.54) is 13.2 Å². The number of benzene rings is 2. The first-order valence-electron chi connectivity index (χ1n) is 5.80. The molecule has 6 heteroatoms. The van der Waals surface area contributed by atoms with Crippen molar-refractivity contribution in [1.82, 2.24) is 9.97 Å². The van der Waals surface area contributed by atoms with Crippen molar-refractivity contribution >= 4 is 11.0 Å². The van der Waals surface area contributed by atoms with E-state index in [9.17, 15) is 13.9 Å². The molecule has 0 fully saturated rings. The Labute approximate surface area is 112 Å². The number of hydrogen-bond acceptors (Lipinski definition) is 3. The molecule has 20 heavy (non-hydrogen) atoms. The molecule has 0 aliphatic heterocycles. The van der Waals surface area contributed by atoms with Gasteiger partial charge in [0.25, 0.3) is 0 Å². The highest BCUT2D eigenvalue weighted by Gasteiger charge is 2.11. The number of methoxy groups -OCH3 is 1. The van der Waals surface area contributed by atoms with Gasteiger partial charge in [-0.25, -0.2) is 13.8 Å². The Hall–Kier alpha value is -2.63. The maximum absolute atomic E-state index is 13.1. The minimum Gasteiger partial charge on any atom is -0.504 e. The third kappa shape index (κ3) is 1.95. The average molecular weight is 276 g/mol. The summed E-state index contributed by atoms with van der Waals surface area (Å²) in [6.07, 6.45) is 0. The fraction of sp³-hybridized carbons (Fsp3) is 0.0714. The van der Waals surface area contributed by atoms with Crippen LogP contribution in [0.25, 0.3) is 22.4 Å². The SMILES string of the molecule is COc1ccc(-c2nc3cc(F)c(F)cc3[nH]2)cc1O. The van der Waals surface area contributed by atoms with Crippen LogP contribution in [-0.4, -0.2) is 22.2 Å². The number of nitrogens with zero attached hydrogens (tertiary/aromatic N) is 1. The number of imidazole rings is 1. The number of phenolic OH excluding ortho intramolecular Hbond substituents is 1. The normalized spacial score (nSPS) is 10.9. The zero-order valence-corrected chi connectivity index (χ0v) is 10.4. The lowest BCUT2D eigenvalue weighted by molar-refractivity contribution is 0.373. The largest absolute Gasteiger partial charge is 0.504 e. The first-order valence-corrected chi connectivity index (χ1v) is 5.80. The predicted octanol–water partition coefficient (Wildman–Crippen LogP) is 3.22. The van der Waals surface area contributed by atoms with Gasteiger partial charge in [0.2, 0.25) is 0 Å². The monoisotopic (exact) mass is 276 g/mol. The summed E-state index contributed by atoms with van der Waals surface area (Å²) < 4.78 is 31.2. The van der Waals surface area contributed by atoms with Crippen molar-refractivity contribution in [3.05, 3.63) is 42.0 Å². The molecule has 3 rings (SSSR count). The lowest BCUT2D eigenvalue weighted by atomic mass is 10.2. The third-order valence-electron chi connectivity index (χ3n) is 2.98. The Kier molecular flexibility index (Phi) is 2.78. The quantitative estimate of drug-likeness (QED) is 0.755. The third-order valence-corrected chi connectivity index (χ3v) is 2.98. The number of halogens is 2. The molecule has 0 radical (unpaired) electrons. The van der Waals surface area contributed by atoms with E-state index in [1.54, 1.807) is 12.1 Å². The molecule has 1 heterocycles. The number of rotatable bonds is 2. The predicted molar refractivity (Wildman–Crippen MR) is 69.7 cm³/mol. The molecule has 0 unspecified atom stereocenters. The summed E-state index contributed by atoms with van der Waals surface area (Å²) >= 11 is 0. The molecule has 0 amide bonds. The minimum absolute atomic E-state index is 0.0391. The van der Waals surface area contributed by atoms with E-state index in [4.69, 9.17) is 4.74 Å². The molecule has 0 spiro atoms. The number of fused-ring (bicyclic) bond motifs is 1. The van der Waals surface area contributed by atoms with Crippen LogP contribution < -0.4 is 4.74 Å². The van der Waals surface area contributed by atoms with Crippen LogP contribution in [0.1, 0.15) is 0 Å². The van der Waals surface area contributed by atoms with E-state index in [2.05, 4.69) is 9.97 Å². The molecule has 0 saturated heterocycles. The molecule has 2 N–H and O–H groups in total. The first-order chi connectivity index (χ1) is 9.58. The molecule has 102 valence electrons. The van der Waals surface area contributed by atoms with Crippen LogP contribution in [0.2, 0.25) is 0 Å². The first kappa shape index (κ1) is 12.4. The summed E-state index contributed by atoms with van der Waals surface area (Å²) in [6, 6.07) is 6.80. The Morgan fingerprint density at radius 2 is 1.90 bits per heavy atom. The Balaban J connectivity index is 2.12. The van der Waals surface area contributed by atoms with Gasteiger partial charge in [-0.1, -0.05) is 0 Å². The average Bonchev–Trinajstić information content (AvgIpc) is 2.82. The summed E-state index contributed by atoms with van der Waals surface area (Å²) in [6.45, 7) is 0. The van der Waals surface area contributed by atoms with E-state index in [0.29, 0.717) is 28.2 Å². The molecule has 3 aromatic rings. The number of H-pyrrole nitrogens is 1. The zero-order valence-electron chi connectivity index (χ0n) is 10.4. The standard InChI is InChI=1S/C14H10F2N2O2/c1-20-13-3-2-7(4-12(13)19)14-17-10-5-8(15)9(16)6-11(10)18-14/h2-6,19H,1H3,(H,17,18). The van der Waals surface area contributed by atoms with Gasteiger partial charge in [0, 0.05) is 17.7 Å². The summed E-state index contributed by atoms with van der Waals surface area (Å²) in [7, 11) is 1.45. The van der Waals surface area contributed by atoms with Crippen LogP contribution in [0, 0.1) is 11.6 Å². The van der Waals surface area contributed by atoms with Gasteiger partial charge < -0.3 is 14.8 Å². The number of aromatic hydroxyl groups is 1. The maximum atomic E-state index is 13.1. The Morgan fingerprint density at radius 3 is 2.60 bits per heavy atom. The van der Waals surface area contributed by atoms with Gasteiger partial charge in [-0.05, 0) is 18.2 Å². The second kappa shape index (κ2) is 4.48. The van der Waals surface area contributed by atoms with Crippen molar-refractivity contribution in [2.24, 2.45) is 0 Å². The Morgan fingerprint density at radius 1 is 1.15 bits per heavy atom. The molecule has 0 saturated carbocycles.